The predicted molar refractivity (Wildman–Crippen MR) is 113 cm³/mol. The minimum absolute atomic E-state index is 0.112. The van der Waals surface area contributed by atoms with E-state index in [2.05, 4.69) is 10.6 Å². The van der Waals surface area contributed by atoms with Crippen LogP contribution in [0.25, 0.3) is 0 Å². The van der Waals surface area contributed by atoms with Gasteiger partial charge in [0.25, 0.3) is 17.6 Å². The van der Waals surface area contributed by atoms with Gasteiger partial charge in [0.15, 0.2) is 0 Å². The standard InChI is InChI=1S/C22H23ClFN3O4/c1-12-17(20(30)25-13-5-6-15(24)14(23)10-13)16-4-2-3-9-27(16)18(12)19(29)21(31)26-22(11-28)7-8-22/h5-6,10,28H,2-4,7-9,11H2,1H3,(H,25,30)(H,26,31). The summed E-state index contributed by atoms with van der Waals surface area (Å²) in [6.45, 7) is 1.97. The topological polar surface area (TPSA) is 100 Å². The Morgan fingerprint density at radius 3 is 2.65 bits per heavy atom. The first-order valence-electron chi connectivity index (χ1n) is 10.2. The van der Waals surface area contributed by atoms with Gasteiger partial charge in [-0.3, -0.25) is 14.4 Å². The highest BCUT2D eigenvalue weighted by Crippen LogP contribution is 2.35. The summed E-state index contributed by atoms with van der Waals surface area (Å²) in [6, 6.07) is 3.88. The van der Waals surface area contributed by atoms with E-state index in [1.807, 2.05) is 0 Å². The molecule has 164 valence electrons. The van der Waals surface area contributed by atoms with Crippen molar-refractivity contribution in [2.45, 2.75) is 51.1 Å². The molecule has 1 aromatic heterocycles. The van der Waals surface area contributed by atoms with Gasteiger partial charge in [0.2, 0.25) is 0 Å². The van der Waals surface area contributed by atoms with Crippen LogP contribution in [0, 0.1) is 12.7 Å². The Hall–Kier alpha value is -2.71. The molecule has 1 aliphatic carbocycles. The smallest absolute Gasteiger partial charge is 0.294 e. The fourth-order valence-corrected chi connectivity index (χ4v) is 4.30. The van der Waals surface area contributed by atoms with Gasteiger partial charge in [-0.15, -0.1) is 0 Å². The summed E-state index contributed by atoms with van der Waals surface area (Å²) >= 11 is 5.80. The first-order valence-corrected chi connectivity index (χ1v) is 10.6. The summed E-state index contributed by atoms with van der Waals surface area (Å²) in [7, 11) is 0. The van der Waals surface area contributed by atoms with Crippen molar-refractivity contribution >= 4 is 34.9 Å². The van der Waals surface area contributed by atoms with Crippen LogP contribution in [0.3, 0.4) is 0 Å². The lowest BCUT2D eigenvalue weighted by Crippen LogP contribution is -2.44. The molecule has 31 heavy (non-hydrogen) atoms. The highest BCUT2D eigenvalue weighted by atomic mass is 35.5. The number of hydrogen-bond acceptors (Lipinski definition) is 4. The zero-order chi connectivity index (χ0) is 22.3. The maximum absolute atomic E-state index is 13.4. The van der Waals surface area contributed by atoms with E-state index in [-0.39, 0.29) is 17.3 Å². The van der Waals surface area contributed by atoms with Crippen molar-refractivity contribution < 1.29 is 23.9 Å². The molecule has 3 N–H and O–H groups in total. The number of fused-ring (bicyclic) bond motifs is 1. The summed E-state index contributed by atoms with van der Waals surface area (Å²) < 4.78 is 15.2. The van der Waals surface area contributed by atoms with E-state index in [1.54, 1.807) is 11.5 Å². The molecule has 1 fully saturated rings. The molecule has 2 amide bonds. The molecule has 2 aliphatic rings. The predicted octanol–water partition coefficient (Wildman–Crippen LogP) is 3.00. The van der Waals surface area contributed by atoms with Crippen molar-refractivity contribution in [3.8, 4) is 0 Å². The van der Waals surface area contributed by atoms with E-state index in [4.69, 9.17) is 11.6 Å². The molecule has 1 saturated carbocycles. The molecule has 0 saturated heterocycles. The minimum Gasteiger partial charge on any atom is -0.394 e. The number of benzene rings is 1. The van der Waals surface area contributed by atoms with E-state index in [1.165, 1.54) is 12.1 Å². The zero-order valence-electron chi connectivity index (χ0n) is 17.1. The second-order valence-electron chi connectivity index (χ2n) is 8.21. The van der Waals surface area contributed by atoms with Crippen molar-refractivity contribution in [1.82, 2.24) is 9.88 Å². The first kappa shape index (κ1) is 21.5. The Morgan fingerprint density at radius 1 is 1.26 bits per heavy atom. The van der Waals surface area contributed by atoms with E-state index in [0.29, 0.717) is 48.3 Å². The van der Waals surface area contributed by atoms with Gasteiger partial charge in [-0.25, -0.2) is 4.39 Å². The molecule has 0 radical (unpaired) electrons. The van der Waals surface area contributed by atoms with E-state index >= 15 is 0 Å². The van der Waals surface area contributed by atoms with E-state index in [9.17, 15) is 23.9 Å². The number of ketones is 1. The van der Waals surface area contributed by atoms with Gasteiger partial charge >= 0.3 is 0 Å². The molecular weight excluding hydrogens is 425 g/mol. The van der Waals surface area contributed by atoms with Crippen molar-refractivity contribution in [3.63, 3.8) is 0 Å². The van der Waals surface area contributed by atoms with Crippen LogP contribution in [-0.2, 0) is 17.8 Å². The molecule has 1 aliphatic heterocycles. The largest absolute Gasteiger partial charge is 0.394 e. The fraction of sp³-hybridized carbons (Fsp3) is 0.409. The lowest BCUT2D eigenvalue weighted by Gasteiger charge is -2.19. The van der Waals surface area contributed by atoms with Crippen LogP contribution in [0.1, 0.15) is 57.8 Å². The van der Waals surface area contributed by atoms with Crippen LogP contribution in [0.5, 0.6) is 0 Å². The molecular formula is C22H23ClFN3O4. The average Bonchev–Trinajstić information content (AvgIpc) is 3.45. The highest BCUT2D eigenvalue weighted by Gasteiger charge is 2.45. The summed E-state index contributed by atoms with van der Waals surface area (Å²) in [6.07, 6.45) is 3.55. The van der Waals surface area contributed by atoms with Crippen LogP contribution in [0.4, 0.5) is 10.1 Å². The third kappa shape index (κ3) is 3.97. The second-order valence-corrected chi connectivity index (χ2v) is 8.62. The number of amides is 2. The number of anilines is 1. The number of carbonyl (C=O) groups is 3. The van der Waals surface area contributed by atoms with Crippen LogP contribution < -0.4 is 10.6 Å². The minimum atomic E-state index is -0.780. The maximum atomic E-state index is 13.4. The van der Waals surface area contributed by atoms with Crippen molar-refractivity contribution in [1.29, 1.82) is 0 Å². The highest BCUT2D eigenvalue weighted by molar-refractivity contribution is 6.43. The number of aromatic nitrogens is 1. The van der Waals surface area contributed by atoms with Crippen LogP contribution in [-0.4, -0.2) is 39.4 Å². The molecule has 7 nitrogen and oxygen atoms in total. The van der Waals surface area contributed by atoms with Crippen LogP contribution in [0.2, 0.25) is 5.02 Å². The number of aliphatic hydroxyl groups excluding tert-OH is 1. The van der Waals surface area contributed by atoms with Crippen molar-refractivity contribution in [2.24, 2.45) is 0 Å². The lowest BCUT2D eigenvalue weighted by molar-refractivity contribution is -0.118. The Labute approximate surface area is 183 Å². The van der Waals surface area contributed by atoms with Gasteiger partial charge in [0, 0.05) is 17.9 Å². The zero-order valence-corrected chi connectivity index (χ0v) is 17.8. The Balaban J connectivity index is 1.66. The second kappa shape index (κ2) is 8.09. The Bertz CT molecular complexity index is 1090. The molecule has 0 bridgehead atoms. The number of carbonyl (C=O) groups excluding carboxylic acids is 3. The molecule has 1 aromatic carbocycles. The van der Waals surface area contributed by atoms with Gasteiger partial charge in [0.05, 0.1) is 28.4 Å². The lowest BCUT2D eigenvalue weighted by atomic mass is 10.0. The van der Waals surface area contributed by atoms with Gasteiger partial charge in [-0.05, 0) is 62.8 Å². The van der Waals surface area contributed by atoms with Gasteiger partial charge in [-0.2, -0.15) is 0 Å². The first-order chi connectivity index (χ1) is 14.8. The maximum Gasteiger partial charge on any atom is 0.294 e. The van der Waals surface area contributed by atoms with Gasteiger partial charge in [-0.1, -0.05) is 11.6 Å². The van der Waals surface area contributed by atoms with Crippen LogP contribution >= 0.6 is 11.6 Å². The quantitative estimate of drug-likeness (QED) is 0.468. The summed E-state index contributed by atoms with van der Waals surface area (Å²) in [5.74, 6) is -2.53. The summed E-state index contributed by atoms with van der Waals surface area (Å²) in [4.78, 5) is 38.7. The molecule has 0 spiro atoms. The molecule has 2 aromatic rings. The van der Waals surface area contributed by atoms with E-state index < -0.39 is 29.0 Å². The number of Topliss-reactive ketones (excluding diaryl/α,β-unsaturated/α-hetero) is 1. The summed E-state index contributed by atoms with van der Waals surface area (Å²) in [5.41, 5.74) is 1.30. The fourth-order valence-electron chi connectivity index (χ4n) is 4.12. The summed E-state index contributed by atoms with van der Waals surface area (Å²) in [5, 5.41) is 14.7. The van der Waals surface area contributed by atoms with Crippen molar-refractivity contribution in [2.75, 3.05) is 11.9 Å². The molecule has 0 unspecified atom stereocenters. The number of rotatable bonds is 6. The Morgan fingerprint density at radius 2 is 2.00 bits per heavy atom. The number of nitrogens with zero attached hydrogens (tertiary/aromatic N) is 1. The molecule has 4 rings (SSSR count). The number of nitrogens with one attached hydrogen (secondary N) is 2. The number of hydrogen-bond donors (Lipinski definition) is 3. The third-order valence-corrected chi connectivity index (χ3v) is 6.31. The van der Waals surface area contributed by atoms with Gasteiger partial charge in [0.1, 0.15) is 5.82 Å². The van der Waals surface area contributed by atoms with E-state index in [0.717, 1.165) is 18.9 Å². The molecule has 2 heterocycles. The number of halogens is 2. The van der Waals surface area contributed by atoms with Crippen LogP contribution in [0.15, 0.2) is 18.2 Å². The normalized spacial score (nSPS) is 16.4. The SMILES string of the molecule is Cc1c(C(=O)Nc2ccc(F)c(Cl)c2)c2n(c1C(=O)C(=O)NC1(CO)CC1)CCCC2. The molecule has 9 heteroatoms. The molecule has 0 atom stereocenters. The third-order valence-electron chi connectivity index (χ3n) is 6.02. The monoisotopic (exact) mass is 447 g/mol. The Kier molecular flexibility index (Phi) is 5.61. The average molecular weight is 448 g/mol. The van der Waals surface area contributed by atoms with Gasteiger partial charge < -0.3 is 20.3 Å². The number of aliphatic hydroxyl groups is 1. The van der Waals surface area contributed by atoms with Crippen molar-refractivity contribution in [3.05, 3.63) is 51.6 Å².